The Balaban J connectivity index is 1.56. The van der Waals surface area contributed by atoms with Crippen LogP contribution >= 0.6 is 0 Å². The molecule has 180 valence electrons. The summed E-state index contributed by atoms with van der Waals surface area (Å²) < 4.78 is 46.4. The maximum atomic E-state index is 14.0. The van der Waals surface area contributed by atoms with Gasteiger partial charge in [0.2, 0.25) is 15.9 Å². The molecule has 2 saturated heterocycles. The van der Waals surface area contributed by atoms with Crippen molar-refractivity contribution in [1.29, 1.82) is 0 Å². The van der Waals surface area contributed by atoms with Gasteiger partial charge in [0.05, 0.1) is 13.2 Å². The smallest absolute Gasteiger partial charge is 0.245 e. The standard InChI is InChI=1S/C23H36FN3O4S/c1-3-18(4-2)21(26-13-15-31-16-14-26)17-25-23(28)19-9-11-27(12-10-19)32(29,30)22-8-6-5-7-20(22)24/h5-8,18-19,21H,3-4,9-17H2,1-2H3,(H,25,28). The summed E-state index contributed by atoms with van der Waals surface area (Å²) in [6.07, 6.45) is 2.99. The third kappa shape index (κ3) is 5.87. The highest BCUT2D eigenvalue weighted by atomic mass is 32.2. The summed E-state index contributed by atoms with van der Waals surface area (Å²) in [4.78, 5) is 15.0. The molecular weight excluding hydrogens is 433 g/mol. The monoisotopic (exact) mass is 469 g/mol. The molecule has 7 nitrogen and oxygen atoms in total. The summed E-state index contributed by atoms with van der Waals surface area (Å²) in [6.45, 7) is 8.61. The highest BCUT2D eigenvalue weighted by Gasteiger charge is 2.34. The van der Waals surface area contributed by atoms with Gasteiger partial charge in [-0.3, -0.25) is 9.69 Å². The number of morpholine rings is 1. The van der Waals surface area contributed by atoms with Crippen LogP contribution in [-0.4, -0.2) is 75.5 Å². The van der Waals surface area contributed by atoms with Gasteiger partial charge < -0.3 is 10.1 Å². The summed E-state index contributed by atoms with van der Waals surface area (Å²) in [5.41, 5.74) is 0. The van der Waals surface area contributed by atoms with Crippen molar-refractivity contribution in [1.82, 2.24) is 14.5 Å². The van der Waals surface area contributed by atoms with E-state index in [9.17, 15) is 17.6 Å². The number of hydrogen-bond donors (Lipinski definition) is 1. The fraction of sp³-hybridized carbons (Fsp3) is 0.696. The van der Waals surface area contributed by atoms with Crippen LogP contribution in [0.15, 0.2) is 29.2 Å². The number of nitrogens with one attached hydrogen (secondary N) is 1. The minimum absolute atomic E-state index is 0.0165. The molecule has 1 aromatic rings. The first-order valence-electron chi connectivity index (χ1n) is 11.7. The van der Waals surface area contributed by atoms with Gasteiger partial charge in [0.15, 0.2) is 0 Å². The number of carbonyl (C=O) groups is 1. The second kappa shape index (κ2) is 11.5. The number of benzene rings is 1. The Labute approximate surface area is 191 Å². The van der Waals surface area contributed by atoms with E-state index in [1.54, 1.807) is 0 Å². The molecule has 3 rings (SSSR count). The highest BCUT2D eigenvalue weighted by Crippen LogP contribution is 2.26. The fourth-order valence-corrected chi connectivity index (χ4v) is 6.37. The predicted octanol–water partition coefficient (Wildman–Crippen LogP) is 2.48. The Bertz CT molecular complexity index is 849. The Hall–Kier alpha value is -1.55. The second-order valence-electron chi connectivity index (χ2n) is 8.65. The van der Waals surface area contributed by atoms with E-state index in [1.165, 1.54) is 22.5 Å². The number of ether oxygens (including phenoxy) is 1. The number of carbonyl (C=O) groups excluding carboxylic acids is 1. The first-order valence-corrected chi connectivity index (χ1v) is 13.2. The Kier molecular flexibility index (Phi) is 9.04. The van der Waals surface area contributed by atoms with Crippen molar-refractivity contribution in [3.05, 3.63) is 30.1 Å². The first-order chi connectivity index (χ1) is 15.4. The van der Waals surface area contributed by atoms with Gasteiger partial charge in [-0.1, -0.05) is 38.8 Å². The zero-order chi connectivity index (χ0) is 23.1. The van der Waals surface area contributed by atoms with Crippen molar-refractivity contribution >= 4 is 15.9 Å². The highest BCUT2D eigenvalue weighted by molar-refractivity contribution is 7.89. The van der Waals surface area contributed by atoms with Gasteiger partial charge in [-0.15, -0.1) is 0 Å². The summed E-state index contributed by atoms with van der Waals surface area (Å²) in [6, 6.07) is 5.70. The second-order valence-corrected chi connectivity index (χ2v) is 10.6. The molecule has 2 fully saturated rings. The van der Waals surface area contributed by atoms with Crippen LogP contribution in [0.1, 0.15) is 39.5 Å². The van der Waals surface area contributed by atoms with Gasteiger partial charge in [0.25, 0.3) is 0 Å². The van der Waals surface area contributed by atoms with Crippen molar-refractivity contribution in [3.8, 4) is 0 Å². The average Bonchev–Trinajstić information content (AvgIpc) is 2.82. The van der Waals surface area contributed by atoms with Crippen molar-refractivity contribution in [2.24, 2.45) is 11.8 Å². The maximum absolute atomic E-state index is 14.0. The van der Waals surface area contributed by atoms with Gasteiger partial charge in [-0.25, -0.2) is 12.8 Å². The van der Waals surface area contributed by atoms with E-state index in [-0.39, 0.29) is 35.9 Å². The molecule has 0 aromatic heterocycles. The molecule has 2 aliphatic rings. The minimum atomic E-state index is -3.89. The summed E-state index contributed by atoms with van der Waals surface area (Å²) >= 11 is 0. The third-order valence-corrected chi connectivity index (χ3v) is 8.80. The number of piperidine rings is 1. The maximum Gasteiger partial charge on any atom is 0.245 e. The predicted molar refractivity (Wildman–Crippen MR) is 121 cm³/mol. The van der Waals surface area contributed by atoms with Crippen molar-refractivity contribution < 1.29 is 22.3 Å². The molecule has 0 radical (unpaired) electrons. The van der Waals surface area contributed by atoms with Crippen LogP contribution in [0.5, 0.6) is 0 Å². The molecule has 2 heterocycles. The van der Waals surface area contributed by atoms with Crippen molar-refractivity contribution in [2.45, 2.75) is 50.5 Å². The Morgan fingerprint density at radius 1 is 1.12 bits per heavy atom. The van der Waals surface area contributed by atoms with E-state index < -0.39 is 15.8 Å². The van der Waals surface area contributed by atoms with Gasteiger partial charge in [0, 0.05) is 44.7 Å². The van der Waals surface area contributed by atoms with Crippen LogP contribution in [0.3, 0.4) is 0 Å². The number of amides is 1. The lowest BCUT2D eigenvalue weighted by Crippen LogP contribution is -2.53. The molecule has 0 aliphatic carbocycles. The Morgan fingerprint density at radius 3 is 2.34 bits per heavy atom. The number of hydrogen-bond acceptors (Lipinski definition) is 5. The van der Waals surface area contributed by atoms with E-state index in [1.807, 2.05) is 0 Å². The van der Waals surface area contributed by atoms with Crippen LogP contribution in [-0.2, 0) is 19.6 Å². The molecule has 0 spiro atoms. The molecular formula is C23H36FN3O4S. The molecule has 0 bridgehead atoms. The molecule has 1 aromatic carbocycles. The molecule has 1 amide bonds. The van der Waals surface area contributed by atoms with E-state index in [0.29, 0.717) is 25.3 Å². The van der Waals surface area contributed by atoms with Gasteiger partial charge >= 0.3 is 0 Å². The molecule has 2 aliphatic heterocycles. The zero-order valence-corrected chi connectivity index (χ0v) is 19.9. The van der Waals surface area contributed by atoms with Crippen molar-refractivity contribution in [2.75, 3.05) is 45.9 Å². The number of nitrogens with zero attached hydrogens (tertiary/aromatic N) is 2. The lowest BCUT2D eigenvalue weighted by Gasteiger charge is -2.39. The molecule has 9 heteroatoms. The topological polar surface area (TPSA) is 79.0 Å². The number of halogens is 1. The SMILES string of the molecule is CCC(CC)C(CNC(=O)C1CCN(S(=O)(=O)c2ccccc2F)CC1)N1CCOCC1. The third-order valence-electron chi connectivity index (χ3n) is 6.87. The van der Waals surface area contributed by atoms with E-state index in [4.69, 9.17) is 4.74 Å². The van der Waals surface area contributed by atoms with Crippen LogP contribution < -0.4 is 5.32 Å². The molecule has 32 heavy (non-hydrogen) atoms. The minimum Gasteiger partial charge on any atom is -0.379 e. The lowest BCUT2D eigenvalue weighted by molar-refractivity contribution is -0.126. The molecule has 1 atom stereocenters. The van der Waals surface area contributed by atoms with Gasteiger partial charge in [-0.05, 0) is 30.9 Å². The van der Waals surface area contributed by atoms with E-state index in [2.05, 4.69) is 24.1 Å². The molecule has 1 N–H and O–H groups in total. The lowest BCUT2D eigenvalue weighted by atomic mass is 9.91. The largest absolute Gasteiger partial charge is 0.379 e. The van der Waals surface area contributed by atoms with Crippen LogP contribution in [0, 0.1) is 17.7 Å². The summed E-state index contributed by atoms with van der Waals surface area (Å²) in [5.74, 6) is -0.490. The van der Waals surface area contributed by atoms with Crippen molar-refractivity contribution in [3.63, 3.8) is 0 Å². The van der Waals surface area contributed by atoms with Crippen LogP contribution in [0.25, 0.3) is 0 Å². The molecule has 1 unspecified atom stereocenters. The quantitative estimate of drug-likeness (QED) is 0.601. The van der Waals surface area contributed by atoms with E-state index in [0.717, 1.165) is 45.2 Å². The number of rotatable bonds is 9. The van der Waals surface area contributed by atoms with Gasteiger partial charge in [0.1, 0.15) is 10.7 Å². The van der Waals surface area contributed by atoms with E-state index >= 15 is 0 Å². The van der Waals surface area contributed by atoms with Gasteiger partial charge in [-0.2, -0.15) is 4.31 Å². The van der Waals surface area contributed by atoms with Crippen LogP contribution in [0.2, 0.25) is 0 Å². The van der Waals surface area contributed by atoms with Crippen LogP contribution in [0.4, 0.5) is 4.39 Å². The Morgan fingerprint density at radius 2 is 1.75 bits per heavy atom. The molecule has 0 saturated carbocycles. The summed E-state index contributed by atoms with van der Waals surface area (Å²) in [5, 5.41) is 3.14. The fourth-order valence-electron chi connectivity index (χ4n) is 4.84. The number of sulfonamides is 1. The first kappa shape index (κ1) is 25.1. The average molecular weight is 470 g/mol. The normalized spacial score (nSPS) is 20.4. The summed E-state index contributed by atoms with van der Waals surface area (Å²) in [7, 11) is -3.89. The zero-order valence-electron chi connectivity index (χ0n) is 19.1.